The zero-order chi connectivity index (χ0) is 16.5. The molecule has 124 valence electrons. The van der Waals surface area contributed by atoms with Crippen molar-refractivity contribution >= 4 is 17.8 Å². The number of carbonyl (C=O) groups is 3. The van der Waals surface area contributed by atoms with E-state index in [0.29, 0.717) is 19.1 Å². The van der Waals surface area contributed by atoms with Crippen LogP contribution < -0.4 is 5.32 Å². The number of rotatable bonds is 4. The average Bonchev–Trinajstić information content (AvgIpc) is 2.65. The van der Waals surface area contributed by atoms with Crippen molar-refractivity contribution in [3.05, 3.63) is 0 Å². The van der Waals surface area contributed by atoms with Gasteiger partial charge in [-0.2, -0.15) is 0 Å². The summed E-state index contributed by atoms with van der Waals surface area (Å²) in [7, 11) is 1.85. The molecule has 2 fully saturated rings. The zero-order valence-electron chi connectivity index (χ0n) is 13.9. The molecule has 0 saturated carbocycles. The Bertz CT molecular complexity index is 469. The number of imide groups is 1. The fourth-order valence-corrected chi connectivity index (χ4v) is 3.05. The summed E-state index contributed by atoms with van der Waals surface area (Å²) in [6.07, 6.45) is 1.86. The molecule has 2 rings (SSSR count). The van der Waals surface area contributed by atoms with E-state index in [0.717, 1.165) is 25.9 Å². The van der Waals surface area contributed by atoms with Crippen LogP contribution >= 0.6 is 0 Å². The summed E-state index contributed by atoms with van der Waals surface area (Å²) in [5.74, 6) is -0.0660. The first kappa shape index (κ1) is 16.7. The smallest absolute Gasteiger partial charge is 0.325 e. The van der Waals surface area contributed by atoms with Crippen molar-refractivity contribution in [3.63, 3.8) is 0 Å². The molecule has 2 heterocycles. The molecule has 0 aromatic heterocycles. The van der Waals surface area contributed by atoms with Gasteiger partial charge in [-0.05, 0) is 26.7 Å². The molecule has 0 unspecified atom stereocenters. The topological polar surface area (TPSA) is 73.0 Å². The number of hydrogen-bond acceptors (Lipinski definition) is 4. The Morgan fingerprint density at radius 1 is 1.27 bits per heavy atom. The number of nitrogens with one attached hydrogen (secondary N) is 1. The maximum Gasteiger partial charge on any atom is 0.325 e. The van der Waals surface area contributed by atoms with Gasteiger partial charge in [0, 0.05) is 46.2 Å². The predicted octanol–water partition coefficient (Wildman–Crippen LogP) is 0.260. The van der Waals surface area contributed by atoms with Crippen LogP contribution in [0, 0.1) is 0 Å². The van der Waals surface area contributed by atoms with E-state index >= 15 is 0 Å². The summed E-state index contributed by atoms with van der Waals surface area (Å²) >= 11 is 0. The van der Waals surface area contributed by atoms with Gasteiger partial charge in [-0.1, -0.05) is 0 Å². The summed E-state index contributed by atoms with van der Waals surface area (Å²) in [4.78, 5) is 40.7. The van der Waals surface area contributed by atoms with E-state index in [1.807, 2.05) is 7.05 Å². The molecule has 0 aromatic rings. The average molecular weight is 310 g/mol. The first-order chi connectivity index (χ1) is 10.2. The highest BCUT2D eigenvalue weighted by atomic mass is 16.2. The van der Waals surface area contributed by atoms with Gasteiger partial charge in [0.2, 0.25) is 5.91 Å². The van der Waals surface area contributed by atoms with Gasteiger partial charge in [0.25, 0.3) is 5.91 Å². The lowest BCUT2D eigenvalue weighted by molar-refractivity contribution is -0.131. The van der Waals surface area contributed by atoms with Crippen LogP contribution in [0.3, 0.4) is 0 Å². The third kappa shape index (κ3) is 3.40. The molecular weight excluding hydrogens is 284 g/mol. The van der Waals surface area contributed by atoms with Crippen molar-refractivity contribution in [1.82, 2.24) is 20.0 Å². The minimum atomic E-state index is -0.797. The molecule has 2 saturated heterocycles. The Hall–Kier alpha value is -1.63. The number of hydrogen-bond donors (Lipinski definition) is 1. The summed E-state index contributed by atoms with van der Waals surface area (Å²) in [6, 6.07) is -0.00870. The minimum Gasteiger partial charge on any atom is -0.343 e. The summed E-state index contributed by atoms with van der Waals surface area (Å²) < 4.78 is 0. The Balaban J connectivity index is 1.79. The SMILES string of the molecule is CC(=O)N(C)C1CCN(CCN2C(=O)NC(C)(C)C2=O)CC1. The number of nitrogens with zero attached hydrogens (tertiary/aromatic N) is 3. The van der Waals surface area contributed by atoms with Crippen molar-refractivity contribution in [2.24, 2.45) is 0 Å². The van der Waals surface area contributed by atoms with E-state index in [4.69, 9.17) is 0 Å². The molecule has 0 radical (unpaired) electrons. The van der Waals surface area contributed by atoms with Crippen LogP contribution in [-0.4, -0.2) is 77.4 Å². The van der Waals surface area contributed by atoms with E-state index in [2.05, 4.69) is 10.2 Å². The van der Waals surface area contributed by atoms with Gasteiger partial charge in [0.1, 0.15) is 5.54 Å². The maximum absolute atomic E-state index is 12.1. The van der Waals surface area contributed by atoms with E-state index in [-0.39, 0.29) is 17.8 Å². The molecular formula is C15H26N4O3. The van der Waals surface area contributed by atoms with E-state index in [9.17, 15) is 14.4 Å². The van der Waals surface area contributed by atoms with Crippen LogP contribution in [-0.2, 0) is 9.59 Å². The fourth-order valence-electron chi connectivity index (χ4n) is 3.05. The lowest BCUT2D eigenvalue weighted by atomic mass is 10.0. The van der Waals surface area contributed by atoms with E-state index < -0.39 is 5.54 Å². The molecule has 7 nitrogen and oxygen atoms in total. The molecule has 22 heavy (non-hydrogen) atoms. The molecule has 0 atom stereocenters. The molecule has 0 aromatic carbocycles. The number of amides is 4. The van der Waals surface area contributed by atoms with Crippen molar-refractivity contribution < 1.29 is 14.4 Å². The molecule has 2 aliphatic heterocycles. The quantitative estimate of drug-likeness (QED) is 0.756. The van der Waals surface area contributed by atoms with Crippen LogP contribution in [0.2, 0.25) is 0 Å². The Morgan fingerprint density at radius 3 is 2.32 bits per heavy atom. The predicted molar refractivity (Wildman–Crippen MR) is 82.2 cm³/mol. The number of likely N-dealkylation sites (tertiary alicyclic amines) is 1. The summed E-state index contributed by atoms with van der Waals surface area (Å²) in [6.45, 7) is 7.90. The van der Waals surface area contributed by atoms with Crippen molar-refractivity contribution in [3.8, 4) is 0 Å². The molecule has 2 aliphatic rings. The third-order valence-electron chi connectivity index (χ3n) is 4.69. The third-order valence-corrected chi connectivity index (χ3v) is 4.69. The minimum absolute atomic E-state index is 0.0972. The van der Waals surface area contributed by atoms with Gasteiger partial charge in [0.15, 0.2) is 0 Å². The molecule has 0 spiro atoms. The van der Waals surface area contributed by atoms with Crippen molar-refractivity contribution in [2.45, 2.75) is 45.2 Å². The van der Waals surface area contributed by atoms with Gasteiger partial charge in [-0.3, -0.25) is 14.5 Å². The van der Waals surface area contributed by atoms with Crippen LogP contribution in [0.4, 0.5) is 4.79 Å². The van der Waals surface area contributed by atoms with Gasteiger partial charge < -0.3 is 15.1 Å². The second-order valence-corrected chi connectivity index (χ2v) is 6.71. The normalized spacial score (nSPS) is 22.8. The maximum atomic E-state index is 12.1. The zero-order valence-corrected chi connectivity index (χ0v) is 13.9. The number of carbonyl (C=O) groups excluding carboxylic acids is 3. The van der Waals surface area contributed by atoms with Crippen LogP contribution in [0.1, 0.15) is 33.6 Å². The molecule has 0 bridgehead atoms. The van der Waals surface area contributed by atoms with Crippen LogP contribution in [0.15, 0.2) is 0 Å². The summed E-state index contributed by atoms with van der Waals surface area (Å²) in [5, 5.41) is 2.69. The highest BCUT2D eigenvalue weighted by Crippen LogP contribution is 2.18. The first-order valence-corrected chi connectivity index (χ1v) is 7.82. The van der Waals surface area contributed by atoms with Gasteiger partial charge >= 0.3 is 6.03 Å². The van der Waals surface area contributed by atoms with Gasteiger partial charge in [-0.25, -0.2) is 4.79 Å². The monoisotopic (exact) mass is 310 g/mol. The van der Waals surface area contributed by atoms with E-state index in [1.54, 1.807) is 25.7 Å². The van der Waals surface area contributed by atoms with Gasteiger partial charge in [-0.15, -0.1) is 0 Å². The highest BCUT2D eigenvalue weighted by molar-refractivity contribution is 6.06. The Kier molecular flexibility index (Phi) is 4.75. The first-order valence-electron chi connectivity index (χ1n) is 7.82. The van der Waals surface area contributed by atoms with Crippen LogP contribution in [0.5, 0.6) is 0 Å². The number of urea groups is 1. The Labute approximate surface area is 131 Å². The van der Waals surface area contributed by atoms with Gasteiger partial charge in [0.05, 0.1) is 0 Å². The van der Waals surface area contributed by atoms with Crippen molar-refractivity contribution in [2.75, 3.05) is 33.2 Å². The second-order valence-electron chi connectivity index (χ2n) is 6.71. The second kappa shape index (κ2) is 6.24. The highest BCUT2D eigenvalue weighted by Gasteiger charge is 2.44. The molecule has 7 heteroatoms. The molecule has 0 aliphatic carbocycles. The standard InChI is InChI=1S/C15H26N4O3/c1-11(20)17(4)12-5-7-18(8-6-12)9-10-19-13(21)15(2,3)16-14(19)22/h12H,5-10H2,1-4H3,(H,16,22). The molecule has 1 N–H and O–H groups in total. The number of piperidine rings is 1. The lowest BCUT2D eigenvalue weighted by Gasteiger charge is -2.36. The lowest BCUT2D eigenvalue weighted by Crippen LogP contribution is -2.47. The fraction of sp³-hybridized carbons (Fsp3) is 0.800. The largest absolute Gasteiger partial charge is 0.343 e. The molecule has 4 amide bonds. The summed E-state index contributed by atoms with van der Waals surface area (Å²) in [5.41, 5.74) is -0.797. The van der Waals surface area contributed by atoms with E-state index in [1.165, 1.54) is 4.90 Å². The van der Waals surface area contributed by atoms with Crippen molar-refractivity contribution in [1.29, 1.82) is 0 Å². The Morgan fingerprint density at radius 2 is 1.86 bits per heavy atom. The van der Waals surface area contributed by atoms with Crippen LogP contribution in [0.25, 0.3) is 0 Å².